The third-order valence-corrected chi connectivity index (χ3v) is 3.70. The van der Waals surface area contributed by atoms with E-state index in [9.17, 15) is 4.39 Å². The number of halogens is 2. The SMILES string of the molecule is Nc1cc(F)cc(Cn2cc(Br)c3ccccc32)c1. The van der Waals surface area contributed by atoms with E-state index in [1.165, 1.54) is 12.1 Å². The van der Waals surface area contributed by atoms with Crippen LogP contribution in [0.2, 0.25) is 0 Å². The Hall–Kier alpha value is -1.81. The minimum absolute atomic E-state index is 0.300. The molecule has 0 unspecified atom stereocenters. The van der Waals surface area contributed by atoms with Crippen molar-refractivity contribution in [3.8, 4) is 0 Å². The average molecular weight is 319 g/mol. The van der Waals surface area contributed by atoms with Crippen molar-refractivity contribution in [2.24, 2.45) is 0 Å². The van der Waals surface area contributed by atoms with Gasteiger partial charge in [-0.3, -0.25) is 0 Å². The highest BCUT2D eigenvalue weighted by Gasteiger charge is 2.07. The maximum absolute atomic E-state index is 13.4. The number of benzene rings is 2. The summed E-state index contributed by atoms with van der Waals surface area (Å²) in [7, 11) is 0. The fourth-order valence-corrected chi connectivity index (χ4v) is 2.88. The van der Waals surface area contributed by atoms with Crippen LogP contribution in [-0.2, 0) is 6.54 Å². The molecule has 0 bridgehead atoms. The molecule has 0 spiro atoms. The minimum Gasteiger partial charge on any atom is -0.399 e. The Labute approximate surface area is 118 Å². The lowest BCUT2D eigenvalue weighted by atomic mass is 10.2. The second-order valence-electron chi connectivity index (χ2n) is 4.51. The Bertz CT molecular complexity index is 729. The topological polar surface area (TPSA) is 30.9 Å². The quantitative estimate of drug-likeness (QED) is 0.706. The van der Waals surface area contributed by atoms with Crippen LogP contribution >= 0.6 is 15.9 Å². The number of hydrogen-bond acceptors (Lipinski definition) is 1. The molecule has 4 heteroatoms. The van der Waals surface area contributed by atoms with Crippen molar-refractivity contribution in [1.29, 1.82) is 0 Å². The largest absolute Gasteiger partial charge is 0.399 e. The fourth-order valence-electron chi connectivity index (χ4n) is 2.30. The molecule has 2 aromatic carbocycles. The number of para-hydroxylation sites is 1. The Kier molecular flexibility index (Phi) is 3.03. The lowest BCUT2D eigenvalue weighted by Crippen LogP contribution is -1.99. The molecular formula is C15H12BrFN2. The van der Waals surface area contributed by atoms with Gasteiger partial charge in [0.05, 0.1) is 0 Å². The van der Waals surface area contributed by atoms with Crippen molar-refractivity contribution in [2.75, 3.05) is 5.73 Å². The molecule has 0 amide bonds. The number of nitrogens with two attached hydrogens (primary N) is 1. The summed E-state index contributed by atoms with van der Waals surface area (Å²) in [6, 6.07) is 12.7. The number of rotatable bonds is 2. The van der Waals surface area contributed by atoms with Crippen LogP contribution in [0.25, 0.3) is 10.9 Å². The van der Waals surface area contributed by atoms with Crippen molar-refractivity contribution in [3.05, 3.63) is 64.5 Å². The normalized spacial score (nSPS) is 11.1. The van der Waals surface area contributed by atoms with Gasteiger partial charge >= 0.3 is 0 Å². The molecule has 0 aliphatic carbocycles. The predicted octanol–water partition coefficient (Wildman–Crippen LogP) is 4.17. The molecule has 0 fully saturated rings. The van der Waals surface area contributed by atoms with Gasteiger partial charge in [0.2, 0.25) is 0 Å². The molecule has 2 N–H and O–H groups in total. The molecule has 0 aliphatic rings. The lowest BCUT2D eigenvalue weighted by Gasteiger charge is -2.07. The van der Waals surface area contributed by atoms with Crippen LogP contribution in [-0.4, -0.2) is 4.57 Å². The van der Waals surface area contributed by atoms with Crippen LogP contribution in [0, 0.1) is 5.82 Å². The molecular weight excluding hydrogens is 307 g/mol. The van der Waals surface area contributed by atoms with E-state index >= 15 is 0 Å². The first-order chi connectivity index (χ1) is 9.13. The molecule has 19 heavy (non-hydrogen) atoms. The molecule has 96 valence electrons. The number of nitrogens with zero attached hydrogens (tertiary/aromatic N) is 1. The van der Waals surface area contributed by atoms with Gasteiger partial charge in [-0.05, 0) is 45.8 Å². The third-order valence-electron chi connectivity index (χ3n) is 3.07. The highest BCUT2D eigenvalue weighted by Crippen LogP contribution is 2.26. The van der Waals surface area contributed by atoms with Gasteiger partial charge in [0.1, 0.15) is 5.82 Å². The van der Waals surface area contributed by atoms with Gasteiger partial charge in [0.25, 0.3) is 0 Å². The maximum atomic E-state index is 13.4. The Morgan fingerprint density at radius 1 is 1.16 bits per heavy atom. The first-order valence-electron chi connectivity index (χ1n) is 5.92. The van der Waals surface area contributed by atoms with Gasteiger partial charge in [-0.15, -0.1) is 0 Å². The van der Waals surface area contributed by atoms with Crippen LogP contribution in [0.4, 0.5) is 10.1 Å². The van der Waals surface area contributed by atoms with Crippen LogP contribution in [0.5, 0.6) is 0 Å². The van der Waals surface area contributed by atoms with Gasteiger partial charge in [0.15, 0.2) is 0 Å². The number of fused-ring (bicyclic) bond motifs is 1. The van der Waals surface area contributed by atoms with Crippen LogP contribution in [0.15, 0.2) is 53.1 Å². The van der Waals surface area contributed by atoms with E-state index in [-0.39, 0.29) is 5.82 Å². The number of nitrogen functional groups attached to an aromatic ring is 1. The van der Waals surface area contributed by atoms with Gasteiger partial charge in [0, 0.05) is 33.8 Å². The second kappa shape index (κ2) is 4.70. The van der Waals surface area contributed by atoms with E-state index < -0.39 is 0 Å². The third kappa shape index (κ3) is 2.36. The molecule has 1 heterocycles. The average Bonchev–Trinajstić information content (AvgIpc) is 2.66. The van der Waals surface area contributed by atoms with Crippen molar-refractivity contribution in [2.45, 2.75) is 6.54 Å². The van der Waals surface area contributed by atoms with E-state index in [2.05, 4.69) is 26.6 Å². The van der Waals surface area contributed by atoms with Gasteiger partial charge in [-0.2, -0.15) is 0 Å². The first-order valence-corrected chi connectivity index (χ1v) is 6.71. The Morgan fingerprint density at radius 3 is 2.74 bits per heavy atom. The summed E-state index contributed by atoms with van der Waals surface area (Å²) in [4.78, 5) is 0. The zero-order valence-corrected chi connectivity index (χ0v) is 11.7. The summed E-state index contributed by atoms with van der Waals surface area (Å²) in [6.07, 6.45) is 2.01. The van der Waals surface area contributed by atoms with E-state index in [4.69, 9.17) is 5.73 Å². The van der Waals surface area contributed by atoms with Crippen molar-refractivity contribution in [3.63, 3.8) is 0 Å². The number of hydrogen-bond donors (Lipinski definition) is 1. The molecule has 1 aromatic heterocycles. The van der Waals surface area contributed by atoms with E-state index in [1.807, 2.05) is 24.4 Å². The van der Waals surface area contributed by atoms with Crippen LogP contribution < -0.4 is 5.73 Å². The van der Waals surface area contributed by atoms with Crippen LogP contribution in [0.3, 0.4) is 0 Å². The summed E-state index contributed by atoms with van der Waals surface area (Å²) in [6.45, 7) is 0.591. The van der Waals surface area contributed by atoms with Gasteiger partial charge < -0.3 is 10.3 Å². The fraction of sp³-hybridized carbons (Fsp3) is 0.0667. The molecule has 3 rings (SSSR count). The Morgan fingerprint density at radius 2 is 1.95 bits per heavy atom. The minimum atomic E-state index is -0.300. The molecule has 3 aromatic rings. The predicted molar refractivity (Wildman–Crippen MR) is 79.6 cm³/mol. The second-order valence-corrected chi connectivity index (χ2v) is 5.37. The molecule has 0 saturated heterocycles. The standard InChI is InChI=1S/C15H12BrFN2/c16-14-9-19(15-4-2-1-3-13(14)15)8-10-5-11(17)7-12(18)6-10/h1-7,9H,8,18H2. The summed E-state index contributed by atoms with van der Waals surface area (Å²) in [5.41, 5.74) is 8.08. The highest BCUT2D eigenvalue weighted by atomic mass is 79.9. The first kappa shape index (κ1) is 12.2. The molecule has 0 saturated carbocycles. The zero-order valence-electron chi connectivity index (χ0n) is 10.1. The van der Waals surface area contributed by atoms with Crippen molar-refractivity contribution in [1.82, 2.24) is 4.57 Å². The Balaban J connectivity index is 2.06. The molecule has 2 nitrogen and oxygen atoms in total. The zero-order chi connectivity index (χ0) is 13.4. The monoisotopic (exact) mass is 318 g/mol. The maximum Gasteiger partial charge on any atom is 0.125 e. The smallest absolute Gasteiger partial charge is 0.125 e. The lowest BCUT2D eigenvalue weighted by molar-refractivity contribution is 0.625. The van der Waals surface area contributed by atoms with Gasteiger partial charge in [-0.25, -0.2) is 4.39 Å². The van der Waals surface area contributed by atoms with Crippen molar-refractivity contribution < 1.29 is 4.39 Å². The number of anilines is 1. The van der Waals surface area contributed by atoms with E-state index in [0.29, 0.717) is 12.2 Å². The van der Waals surface area contributed by atoms with E-state index in [0.717, 1.165) is 20.9 Å². The highest BCUT2D eigenvalue weighted by molar-refractivity contribution is 9.10. The summed E-state index contributed by atoms with van der Waals surface area (Å²) in [5, 5.41) is 1.15. The summed E-state index contributed by atoms with van der Waals surface area (Å²) in [5.74, 6) is -0.300. The number of aromatic nitrogens is 1. The molecule has 0 aliphatic heterocycles. The molecule has 0 atom stereocenters. The van der Waals surface area contributed by atoms with Crippen molar-refractivity contribution >= 4 is 32.5 Å². The van der Waals surface area contributed by atoms with Gasteiger partial charge in [-0.1, -0.05) is 18.2 Å². The van der Waals surface area contributed by atoms with E-state index in [1.54, 1.807) is 6.07 Å². The summed E-state index contributed by atoms with van der Waals surface area (Å²) < 4.78 is 16.5. The summed E-state index contributed by atoms with van der Waals surface area (Å²) >= 11 is 3.54. The molecule has 0 radical (unpaired) electrons. The van der Waals surface area contributed by atoms with Crippen LogP contribution in [0.1, 0.15) is 5.56 Å².